The van der Waals surface area contributed by atoms with E-state index in [1.807, 2.05) is 18.7 Å². The van der Waals surface area contributed by atoms with Crippen LogP contribution in [0.4, 0.5) is 18.9 Å². The van der Waals surface area contributed by atoms with Crippen LogP contribution in [0.2, 0.25) is 0 Å². The van der Waals surface area contributed by atoms with Crippen LogP contribution in [-0.2, 0) is 16.2 Å². The molecule has 0 aromatic heterocycles. The molecule has 1 amide bonds. The predicted molar refractivity (Wildman–Crippen MR) is 123 cm³/mol. The monoisotopic (exact) mass is 499 g/mol. The van der Waals surface area contributed by atoms with Crippen LogP contribution in [0.5, 0.6) is 5.75 Å². The van der Waals surface area contributed by atoms with Crippen molar-refractivity contribution in [1.29, 1.82) is 0 Å². The summed E-state index contributed by atoms with van der Waals surface area (Å²) in [5.74, 6) is 0.147. The Kier molecular flexibility index (Phi) is 7.77. The largest absolute Gasteiger partial charge is 0.492 e. The molecule has 1 aliphatic heterocycles. The maximum atomic E-state index is 13.3. The van der Waals surface area contributed by atoms with Gasteiger partial charge >= 0.3 is 6.18 Å². The van der Waals surface area contributed by atoms with Gasteiger partial charge in [-0.2, -0.15) is 13.2 Å². The van der Waals surface area contributed by atoms with Crippen molar-refractivity contribution >= 4 is 21.6 Å². The molecule has 34 heavy (non-hydrogen) atoms. The van der Waals surface area contributed by atoms with Gasteiger partial charge in [0.25, 0.3) is 5.91 Å². The lowest BCUT2D eigenvalue weighted by atomic mass is 10.1. The SMILES string of the molecule is CNS(=O)(=O)c1ccc(OCC(C)C)c(C(=O)N2CCN(c3ccc(C(F)(F)F)cc3)CC2)c1. The molecule has 1 aliphatic rings. The number of benzene rings is 2. The third-order valence-electron chi connectivity index (χ3n) is 5.46. The molecule has 2 aromatic rings. The fourth-order valence-corrected chi connectivity index (χ4v) is 4.30. The normalized spacial score (nSPS) is 15.0. The molecule has 0 spiro atoms. The molecule has 0 saturated carbocycles. The van der Waals surface area contributed by atoms with E-state index >= 15 is 0 Å². The van der Waals surface area contributed by atoms with E-state index in [1.165, 1.54) is 37.4 Å². The fraction of sp³-hybridized carbons (Fsp3) is 0.435. The number of alkyl halides is 3. The number of piperazine rings is 1. The number of nitrogens with one attached hydrogen (secondary N) is 1. The zero-order chi connectivity index (χ0) is 25.1. The van der Waals surface area contributed by atoms with Crippen LogP contribution in [0.1, 0.15) is 29.8 Å². The number of carbonyl (C=O) groups is 1. The van der Waals surface area contributed by atoms with Crippen LogP contribution in [0.15, 0.2) is 47.4 Å². The third-order valence-corrected chi connectivity index (χ3v) is 6.87. The predicted octanol–water partition coefficient (Wildman–Crippen LogP) is 3.61. The quantitative estimate of drug-likeness (QED) is 0.630. The summed E-state index contributed by atoms with van der Waals surface area (Å²) in [4.78, 5) is 16.8. The van der Waals surface area contributed by atoms with Crippen molar-refractivity contribution < 1.29 is 31.1 Å². The average molecular weight is 500 g/mol. The van der Waals surface area contributed by atoms with Crippen molar-refractivity contribution in [2.24, 2.45) is 5.92 Å². The van der Waals surface area contributed by atoms with Gasteiger partial charge in [-0.1, -0.05) is 13.8 Å². The molecule has 3 rings (SSSR count). The molecule has 11 heteroatoms. The summed E-state index contributed by atoms with van der Waals surface area (Å²) in [5, 5.41) is 0. The summed E-state index contributed by atoms with van der Waals surface area (Å²) in [6, 6.07) is 9.11. The number of rotatable bonds is 7. The van der Waals surface area contributed by atoms with Gasteiger partial charge < -0.3 is 14.5 Å². The standard InChI is InChI=1S/C23H28F3N3O4S/c1-16(2)15-33-21-9-8-19(34(31,32)27-3)14-20(21)22(30)29-12-10-28(11-13-29)18-6-4-17(5-7-18)23(24,25)26/h4-9,14,16,27H,10-13,15H2,1-3H3. The number of amides is 1. The minimum Gasteiger partial charge on any atom is -0.492 e. The molecule has 1 heterocycles. The van der Waals surface area contributed by atoms with Gasteiger partial charge in [-0.3, -0.25) is 4.79 Å². The van der Waals surface area contributed by atoms with Crippen LogP contribution in [0.25, 0.3) is 0 Å². The summed E-state index contributed by atoms with van der Waals surface area (Å²) in [5.41, 5.74) is 0.0820. The Morgan fingerprint density at radius 1 is 1.06 bits per heavy atom. The Morgan fingerprint density at radius 2 is 1.68 bits per heavy atom. The van der Waals surface area contributed by atoms with E-state index in [4.69, 9.17) is 4.74 Å². The molecule has 7 nitrogen and oxygen atoms in total. The zero-order valence-corrected chi connectivity index (χ0v) is 20.0. The van der Waals surface area contributed by atoms with Gasteiger partial charge in [-0.15, -0.1) is 0 Å². The van der Waals surface area contributed by atoms with Gasteiger partial charge in [0.05, 0.1) is 22.6 Å². The summed E-state index contributed by atoms with van der Waals surface area (Å²) in [6.07, 6.45) is -4.39. The number of hydrogen-bond acceptors (Lipinski definition) is 5. The molecular weight excluding hydrogens is 471 g/mol. The molecule has 1 saturated heterocycles. The molecule has 0 unspecified atom stereocenters. The highest BCUT2D eigenvalue weighted by atomic mass is 32.2. The Labute approximate surface area is 197 Å². The molecule has 1 N–H and O–H groups in total. The molecule has 0 radical (unpaired) electrons. The van der Waals surface area contributed by atoms with Crippen molar-refractivity contribution in [3.8, 4) is 5.75 Å². The van der Waals surface area contributed by atoms with Gasteiger partial charge in [-0.05, 0) is 55.4 Å². The third kappa shape index (κ3) is 6.01. The van der Waals surface area contributed by atoms with E-state index in [-0.39, 0.29) is 22.3 Å². The van der Waals surface area contributed by atoms with E-state index in [9.17, 15) is 26.4 Å². The second-order valence-electron chi connectivity index (χ2n) is 8.39. The van der Waals surface area contributed by atoms with Crippen LogP contribution >= 0.6 is 0 Å². The number of hydrogen-bond donors (Lipinski definition) is 1. The molecular formula is C23H28F3N3O4S. The Bertz CT molecular complexity index is 1110. The fourth-order valence-electron chi connectivity index (χ4n) is 3.54. The van der Waals surface area contributed by atoms with E-state index in [1.54, 1.807) is 4.90 Å². The molecule has 0 bridgehead atoms. The molecule has 2 aromatic carbocycles. The highest BCUT2D eigenvalue weighted by Crippen LogP contribution is 2.31. The topological polar surface area (TPSA) is 78.9 Å². The van der Waals surface area contributed by atoms with Crippen LogP contribution in [0, 0.1) is 5.92 Å². The minimum absolute atomic E-state index is 0.0429. The summed E-state index contributed by atoms with van der Waals surface area (Å²) in [6.45, 7) is 5.78. The van der Waals surface area contributed by atoms with Gasteiger partial charge in [0, 0.05) is 31.9 Å². The molecule has 0 aliphatic carbocycles. The van der Waals surface area contributed by atoms with Crippen molar-refractivity contribution in [2.75, 3.05) is 44.7 Å². The lowest BCUT2D eigenvalue weighted by Crippen LogP contribution is -2.48. The maximum Gasteiger partial charge on any atom is 0.416 e. The van der Waals surface area contributed by atoms with Crippen molar-refractivity contribution in [1.82, 2.24) is 9.62 Å². The molecule has 186 valence electrons. The lowest BCUT2D eigenvalue weighted by Gasteiger charge is -2.36. The van der Waals surface area contributed by atoms with Crippen LogP contribution in [0.3, 0.4) is 0 Å². The van der Waals surface area contributed by atoms with Gasteiger partial charge in [0.1, 0.15) is 5.75 Å². The van der Waals surface area contributed by atoms with Gasteiger partial charge in [0.2, 0.25) is 10.0 Å². The van der Waals surface area contributed by atoms with E-state index in [2.05, 4.69) is 4.72 Å². The van der Waals surface area contributed by atoms with Crippen molar-refractivity contribution in [3.05, 3.63) is 53.6 Å². The first-order valence-electron chi connectivity index (χ1n) is 10.8. The first kappa shape index (κ1) is 25.8. The van der Waals surface area contributed by atoms with E-state index in [0.29, 0.717) is 44.2 Å². The van der Waals surface area contributed by atoms with Crippen LogP contribution in [-0.4, -0.2) is 59.1 Å². The Balaban J connectivity index is 1.77. The highest BCUT2D eigenvalue weighted by molar-refractivity contribution is 7.89. The second-order valence-corrected chi connectivity index (χ2v) is 10.3. The lowest BCUT2D eigenvalue weighted by molar-refractivity contribution is -0.137. The number of ether oxygens (including phenoxy) is 1. The van der Waals surface area contributed by atoms with Crippen LogP contribution < -0.4 is 14.4 Å². The van der Waals surface area contributed by atoms with Gasteiger partial charge in [0.15, 0.2) is 0 Å². The van der Waals surface area contributed by atoms with E-state index < -0.39 is 21.8 Å². The smallest absolute Gasteiger partial charge is 0.416 e. The van der Waals surface area contributed by atoms with Gasteiger partial charge in [-0.25, -0.2) is 13.1 Å². The Morgan fingerprint density at radius 3 is 2.21 bits per heavy atom. The number of halogens is 3. The summed E-state index contributed by atoms with van der Waals surface area (Å²) >= 11 is 0. The second kappa shape index (κ2) is 10.2. The van der Waals surface area contributed by atoms with E-state index in [0.717, 1.165) is 12.1 Å². The average Bonchev–Trinajstić information content (AvgIpc) is 2.81. The number of carbonyl (C=O) groups excluding carboxylic acids is 1. The first-order chi connectivity index (χ1) is 15.9. The molecule has 0 atom stereocenters. The minimum atomic E-state index is -4.39. The summed E-state index contributed by atoms with van der Waals surface area (Å²) in [7, 11) is -2.46. The number of anilines is 1. The highest BCUT2D eigenvalue weighted by Gasteiger charge is 2.31. The zero-order valence-electron chi connectivity index (χ0n) is 19.2. The number of sulfonamides is 1. The van der Waals surface area contributed by atoms with Crippen molar-refractivity contribution in [2.45, 2.75) is 24.9 Å². The Hall–Kier alpha value is -2.79. The molecule has 1 fully saturated rings. The first-order valence-corrected chi connectivity index (χ1v) is 12.3. The number of nitrogens with zero attached hydrogens (tertiary/aromatic N) is 2. The maximum absolute atomic E-state index is 13.3. The summed E-state index contributed by atoms with van der Waals surface area (Å²) < 4.78 is 71.0. The van der Waals surface area contributed by atoms with Crippen molar-refractivity contribution in [3.63, 3.8) is 0 Å².